The third-order valence-electron chi connectivity index (χ3n) is 6.07. The molecule has 0 amide bonds. The fraction of sp³-hybridized carbons (Fsp3) is 0.538. The second-order valence-corrected chi connectivity index (χ2v) is 11.6. The number of carbonyl (C=O) groups is 2. The molecule has 15 nitrogen and oxygen atoms in total. The minimum atomic E-state index is -4.39. The number of aliphatic hydroxyl groups is 1. The van der Waals surface area contributed by atoms with E-state index in [9.17, 15) is 28.8 Å². The second-order valence-electron chi connectivity index (χ2n) is 9.89. The molecule has 238 valence electrons. The minimum absolute atomic E-state index is 0.00992. The van der Waals surface area contributed by atoms with Gasteiger partial charge in [0, 0.05) is 12.3 Å². The number of aliphatic hydroxyl groups excluding tert-OH is 1. The molecule has 0 spiro atoms. The number of halogens is 1. The molecule has 6 atom stereocenters. The quantitative estimate of drug-likeness (QED) is 0.243. The van der Waals surface area contributed by atoms with Gasteiger partial charge in [0.15, 0.2) is 18.6 Å². The number of hydrogen-bond acceptors (Lipinski definition) is 12. The van der Waals surface area contributed by atoms with Crippen molar-refractivity contribution in [3.05, 3.63) is 63.4 Å². The standard InChI is InChI=1S/C26H35FN3O12P/c1-6-37-25(35)38-15-30-20(31)12-13-29(24(30)34)23-26(5,27)21(32)19(41-23)14-39-43(36,42-18-10-8-7-9-11-18)28-17(4)22(33)40-16(2)3/h7-13,16-17,19,21,23,32H,6,14-15H2,1-5H3,(H,28,36)/t17-,19+,21+,23+,26+,43-/m0/s1. The summed E-state index contributed by atoms with van der Waals surface area (Å²) in [6, 6.07) is 7.61. The summed E-state index contributed by atoms with van der Waals surface area (Å²) in [5, 5.41) is 13.2. The Labute approximate surface area is 246 Å². The van der Waals surface area contributed by atoms with Crippen LogP contribution in [0, 0.1) is 0 Å². The van der Waals surface area contributed by atoms with E-state index in [4.69, 9.17) is 23.3 Å². The lowest BCUT2D eigenvalue weighted by Crippen LogP contribution is -2.46. The first-order chi connectivity index (χ1) is 20.2. The van der Waals surface area contributed by atoms with E-state index in [1.807, 2.05) is 0 Å². The Bertz CT molecular complexity index is 1430. The summed E-state index contributed by atoms with van der Waals surface area (Å²) in [6.07, 6.45) is -5.85. The Kier molecular flexibility index (Phi) is 11.3. The van der Waals surface area contributed by atoms with Gasteiger partial charge in [0.2, 0.25) is 0 Å². The summed E-state index contributed by atoms with van der Waals surface area (Å²) in [5.41, 5.74) is -4.61. The van der Waals surface area contributed by atoms with Gasteiger partial charge in [-0.2, -0.15) is 5.09 Å². The van der Waals surface area contributed by atoms with Crippen LogP contribution in [0.3, 0.4) is 0 Å². The van der Waals surface area contributed by atoms with Gasteiger partial charge in [-0.1, -0.05) is 18.2 Å². The number of esters is 1. The average molecular weight is 632 g/mol. The SMILES string of the molecule is CCOC(=O)OCn1c(=O)ccn([C@@H]2O[C@H](CO[P@@](=O)(N[C@@H](C)C(=O)OC(C)C)Oc3ccccc3)[C@@H](O)[C@@]2(C)F)c1=O. The van der Waals surface area contributed by atoms with Gasteiger partial charge >= 0.3 is 25.6 Å². The van der Waals surface area contributed by atoms with E-state index in [2.05, 4.69) is 9.82 Å². The fourth-order valence-corrected chi connectivity index (χ4v) is 5.46. The van der Waals surface area contributed by atoms with Gasteiger partial charge in [-0.15, -0.1) is 0 Å². The molecule has 2 heterocycles. The first-order valence-electron chi connectivity index (χ1n) is 13.3. The second kappa shape index (κ2) is 14.3. The number of aromatic nitrogens is 2. The van der Waals surface area contributed by atoms with Crippen LogP contribution in [0.25, 0.3) is 0 Å². The zero-order valence-electron chi connectivity index (χ0n) is 24.2. The molecule has 17 heteroatoms. The number of hydrogen-bond donors (Lipinski definition) is 2. The van der Waals surface area contributed by atoms with Gasteiger partial charge in [0.25, 0.3) is 5.56 Å². The highest BCUT2D eigenvalue weighted by Crippen LogP contribution is 2.47. The number of nitrogens with one attached hydrogen (secondary N) is 1. The monoisotopic (exact) mass is 631 g/mol. The largest absolute Gasteiger partial charge is 0.510 e. The van der Waals surface area contributed by atoms with Crippen molar-refractivity contribution in [1.82, 2.24) is 14.2 Å². The van der Waals surface area contributed by atoms with E-state index >= 15 is 4.39 Å². The summed E-state index contributed by atoms with van der Waals surface area (Å²) >= 11 is 0. The molecule has 1 saturated heterocycles. The zero-order valence-corrected chi connectivity index (χ0v) is 25.1. The molecule has 1 aliphatic heterocycles. The number of carbonyl (C=O) groups excluding carboxylic acids is 2. The molecule has 0 radical (unpaired) electrons. The van der Waals surface area contributed by atoms with Crippen molar-refractivity contribution < 1.29 is 51.6 Å². The first kappa shape index (κ1) is 33.9. The van der Waals surface area contributed by atoms with Crippen molar-refractivity contribution in [1.29, 1.82) is 0 Å². The molecule has 43 heavy (non-hydrogen) atoms. The predicted molar refractivity (Wildman–Crippen MR) is 147 cm³/mol. The van der Waals surface area contributed by atoms with Crippen molar-refractivity contribution in [2.45, 2.75) is 77.6 Å². The molecule has 1 fully saturated rings. The Morgan fingerprint density at radius 2 is 1.84 bits per heavy atom. The molecule has 1 aromatic carbocycles. The van der Waals surface area contributed by atoms with E-state index in [0.717, 1.165) is 19.2 Å². The molecule has 2 aromatic rings. The Morgan fingerprint density at radius 3 is 2.47 bits per heavy atom. The summed E-state index contributed by atoms with van der Waals surface area (Å²) in [4.78, 5) is 49.2. The van der Waals surface area contributed by atoms with Crippen LogP contribution in [0.15, 0.2) is 52.2 Å². The maximum absolute atomic E-state index is 15.9. The number of ether oxygens (including phenoxy) is 4. The molecule has 1 aliphatic rings. The smallest absolute Gasteiger partial charge is 0.462 e. The van der Waals surface area contributed by atoms with Crippen LogP contribution in [0.2, 0.25) is 0 Å². The third kappa shape index (κ3) is 8.51. The number of alkyl halides is 1. The van der Waals surface area contributed by atoms with E-state index in [1.165, 1.54) is 26.0 Å². The third-order valence-corrected chi connectivity index (χ3v) is 7.72. The van der Waals surface area contributed by atoms with Crippen LogP contribution < -0.4 is 20.9 Å². The minimum Gasteiger partial charge on any atom is -0.462 e. The van der Waals surface area contributed by atoms with Crippen molar-refractivity contribution in [3.63, 3.8) is 0 Å². The van der Waals surface area contributed by atoms with Crippen LogP contribution in [0.5, 0.6) is 5.75 Å². The maximum Gasteiger partial charge on any atom is 0.510 e. The van der Waals surface area contributed by atoms with E-state index in [0.29, 0.717) is 9.13 Å². The van der Waals surface area contributed by atoms with Crippen LogP contribution in [-0.2, 0) is 39.6 Å². The van der Waals surface area contributed by atoms with Crippen LogP contribution in [0.1, 0.15) is 40.8 Å². The van der Waals surface area contributed by atoms with Crippen molar-refractivity contribution in [2.75, 3.05) is 13.2 Å². The highest BCUT2D eigenvalue weighted by molar-refractivity contribution is 7.52. The van der Waals surface area contributed by atoms with E-state index in [1.54, 1.807) is 32.0 Å². The zero-order chi connectivity index (χ0) is 31.9. The highest BCUT2D eigenvalue weighted by atomic mass is 31.2. The molecular formula is C26H35FN3O12P. The summed E-state index contributed by atoms with van der Waals surface area (Å²) in [7, 11) is -4.39. The molecule has 2 N–H and O–H groups in total. The number of nitrogens with zero attached hydrogens (tertiary/aromatic N) is 2. The van der Waals surface area contributed by atoms with Gasteiger partial charge in [-0.25, -0.2) is 23.1 Å². The van der Waals surface area contributed by atoms with Crippen molar-refractivity contribution in [3.8, 4) is 5.75 Å². The molecular weight excluding hydrogens is 596 g/mol. The van der Waals surface area contributed by atoms with Crippen LogP contribution in [-0.4, -0.2) is 69.6 Å². The van der Waals surface area contributed by atoms with Crippen LogP contribution >= 0.6 is 7.75 Å². The number of para-hydroxylation sites is 1. The van der Waals surface area contributed by atoms with Crippen molar-refractivity contribution in [2.24, 2.45) is 0 Å². The molecule has 3 rings (SSSR count). The molecule has 0 unspecified atom stereocenters. The van der Waals surface area contributed by atoms with Gasteiger partial charge in [0.05, 0.1) is 19.3 Å². The summed E-state index contributed by atoms with van der Waals surface area (Å²) < 4.78 is 61.9. The van der Waals surface area contributed by atoms with E-state index in [-0.39, 0.29) is 12.4 Å². The van der Waals surface area contributed by atoms with Gasteiger partial charge < -0.3 is 28.6 Å². The Hall–Kier alpha value is -3.56. The molecule has 0 bridgehead atoms. The fourth-order valence-electron chi connectivity index (χ4n) is 3.96. The van der Waals surface area contributed by atoms with E-state index < -0.39 is 80.7 Å². The Morgan fingerprint density at radius 1 is 1.16 bits per heavy atom. The molecule has 0 saturated carbocycles. The highest BCUT2D eigenvalue weighted by Gasteiger charge is 2.56. The summed E-state index contributed by atoms with van der Waals surface area (Å²) in [5.74, 6) is -0.631. The normalized spacial score (nSPS) is 23.8. The van der Waals surface area contributed by atoms with Gasteiger partial charge in [-0.3, -0.25) is 18.7 Å². The lowest BCUT2D eigenvalue weighted by molar-refractivity contribution is -0.149. The lowest BCUT2D eigenvalue weighted by atomic mass is 9.98. The average Bonchev–Trinajstić information content (AvgIpc) is 3.15. The number of rotatable bonds is 13. The predicted octanol–water partition coefficient (Wildman–Crippen LogP) is 2.26. The topological polar surface area (TPSA) is 183 Å². The lowest BCUT2D eigenvalue weighted by Gasteiger charge is -2.25. The van der Waals surface area contributed by atoms with Crippen LogP contribution in [0.4, 0.5) is 9.18 Å². The number of benzene rings is 1. The first-order valence-corrected chi connectivity index (χ1v) is 14.8. The summed E-state index contributed by atoms with van der Waals surface area (Å²) in [6.45, 7) is 5.57. The van der Waals surface area contributed by atoms with Gasteiger partial charge in [-0.05, 0) is 46.8 Å². The molecule has 0 aliphatic carbocycles. The van der Waals surface area contributed by atoms with Crippen molar-refractivity contribution >= 4 is 19.9 Å². The molecule has 1 aromatic heterocycles. The van der Waals surface area contributed by atoms with Gasteiger partial charge in [0.1, 0.15) is 24.0 Å². The Balaban J connectivity index is 1.82. The maximum atomic E-state index is 15.9.